The average Bonchev–Trinajstić information content (AvgIpc) is 1.63. The van der Waals surface area contributed by atoms with Crippen LogP contribution in [-0.2, 0) is 4.79 Å². The SMILES string of the molecule is CCCN(Br)CC(=O)O. The fourth-order valence-electron chi connectivity index (χ4n) is 0.468. The van der Waals surface area contributed by atoms with Gasteiger partial charge in [-0.05, 0) is 6.42 Å². The van der Waals surface area contributed by atoms with E-state index in [1.54, 1.807) is 3.93 Å². The van der Waals surface area contributed by atoms with Gasteiger partial charge < -0.3 is 5.11 Å². The maximum atomic E-state index is 10.0. The van der Waals surface area contributed by atoms with E-state index in [1.165, 1.54) is 0 Å². The third kappa shape index (κ3) is 5.79. The van der Waals surface area contributed by atoms with Crippen molar-refractivity contribution in [2.24, 2.45) is 0 Å². The second kappa shape index (κ2) is 4.76. The van der Waals surface area contributed by atoms with E-state index < -0.39 is 5.97 Å². The second-order valence-corrected chi connectivity index (χ2v) is 2.74. The van der Waals surface area contributed by atoms with Crippen LogP contribution in [0.5, 0.6) is 0 Å². The van der Waals surface area contributed by atoms with Crippen LogP contribution in [0.15, 0.2) is 0 Å². The maximum absolute atomic E-state index is 10.0. The van der Waals surface area contributed by atoms with Crippen molar-refractivity contribution >= 4 is 22.1 Å². The van der Waals surface area contributed by atoms with Crippen molar-refractivity contribution in [3.63, 3.8) is 0 Å². The zero-order chi connectivity index (χ0) is 7.28. The van der Waals surface area contributed by atoms with E-state index in [4.69, 9.17) is 5.11 Å². The highest BCUT2D eigenvalue weighted by molar-refractivity contribution is 9.07. The summed E-state index contributed by atoms with van der Waals surface area (Å²) in [6.45, 7) is 2.83. The minimum absolute atomic E-state index is 0.0633. The molecule has 0 spiro atoms. The lowest BCUT2D eigenvalue weighted by atomic mass is 10.5. The normalized spacial score (nSPS) is 10.1. The van der Waals surface area contributed by atoms with Gasteiger partial charge in [-0.15, -0.1) is 0 Å². The van der Waals surface area contributed by atoms with E-state index in [1.807, 2.05) is 6.92 Å². The summed E-state index contributed by atoms with van der Waals surface area (Å²) < 4.78 is 1.59. The van der Waals surface area contributed by atoms with Crippen molar-refractivity contribution in [2.75, 3.05) is 13.1 Å². The topological polar surface area (TPSA) is 40.5 Å². The first-order valence-corrected chi connectivity index (χ1v) is 3.50. The number of aliphatic carboxylic acids is 1. The summed E-state index contributed by atoms with van der Waals surface area (Å²) in [5.74, 6) is -0.805. The van der Waals surface area contributed by atoms with Crippen molar-refractivity contribution in [1.29, 1.82) is 0 Å². The molecule has 9 heavy (non-hydrogen) atoms. The quantitative estimate of drug-likeness (QED) is 0.684. The highest BCUT2D eigenvalue weighted by Gasteiger charge is 2.02. The Hall–Kier alpha value is -0.0900. The molecule has 0 aliphatic heterocycles. The third-order valence-electron chi connectivity index (χ3n) is 0.773. The molecule has 3 nitrogen and oxygen atoms in total. The average molecular weight is 196 g/mol. The first-order valence-electron chi connectivity index (χ1n) is 2.79. The van der Waals surface area contributed by atoms with Crippen molar-refractivity contribution < 1.29 is 9.90 Å². The van der Waals surface area contributed by atoms with Gasteiger partial charge in [0.25, 0.3) is 0 Å². The number of halogens is 1. The molecule has 0 atom stereocenters. The Morgan fingerprint density at radius 3 is 2.67 bits per heavy atom. The number of carboxylic acids is 1. The van der Waals surface area contributed by atoms with Gasteiger partial charge in [0.05, 0.1) is 0 Å². The largest absolute Gasteiger partial charge is 0.480 e. The Bertz CT molecular complexity index is 97.0. The van der Waals surface area contributed by atoms with E-state index in [2.05, 4.69) is 16.1 Å². The number of hydrogen-bond donors (Lipinski definition) is 1. The van der Waals surface area contributed by atoms with Crippen LogP contribution >= 0.6 is 16.1 Å². The molecule has 0 saturated heterocycles. The summed E-state index contributed by atoms with van der Waals surface area (Å²) >= 11 is 3.09. The number of hydrogen-bond acceptors (Lipinski definition) is 2. The van der Waals surface area contributed by atoms with Crippen LogP contribution in [0.2, 0.25) is 0 Å². The Kier molecular flexibility index (Phi) is 4.71. The zero-order valence-corrected chi connectivity index (χ0v) is 6.89. The van der Waals surface area contributed by atoms with Crippen molar-refractivity contribution in [3.8, 4) is 0 Å². The molecule has 0 heterocycles. The van der Waals surface area contributed by atoms with Crippen molar-refractivity contribution in [2.45, 2.75) is 13.3 Å². The minimum Gasteiger partial charge on any atom is -0.480 e. The van der Waals surface area contributed by atoms with Crippen LogP contribution < -0.4 is 0 Å². The molecule has 54 valence electrons. The minimum atomic E-state index is -0.805. The third-order valence-corrected chi connectivity index (χ3v) is 1.38. The molecule has 0 aromatic heterocycles. The number of carbonyl (C=O) groups is 1. The molecule has 0 amide bonds. The molecule has 0 saturated carbocycles. The Labute approximate surface area is 63.0 Å². The van der Waals surface area contributed by atoms with Gasteiger partial charge in [-0.2, -0.15) is 0 Å². The van der Waals surface area contributed by atoms with Crippen LogP contribution in [0, 0.1) is 0 Å². The smallest absolute Gasteiger partial charge is 0.318 e. The van der Waals surface area contributed by atoms with Crippen LogP contribution in [0.25, 0.3) is 0 Å². The lowest BCUT2D eigenvalue weighted by Gasteiger charge is -2.07. The molecule has 0 radical (unpaired) electrons. The first kappa shape index (κ1) is 8.91. The molecule has 0 rings (SSSR count). The summed E-state index contributed by atoms with van der Waals surface area (Å²) in [7, 11) is 0. The predicted octanol–water partition coefficient (Wildman–Crippen LogP) is 1.09. The molecule has 0 aliphatic carbocycles. The molecule has 0 fully saturated rings. The zero-order valence-electron chi connectivity index (χ0n) is 5.30. The fraction of sp³-hybridized carbons (Fsp3) is 0.800. The summed E-state index contributed by atoms with van der Waals surface area (Å²) in [6, 6.07) is 0. The second-order valence-electron chi connectivity index (χ2n) is 1.74. The van der Waals surface area contributed by atoms with Crippen molar-refractivity contribution in [1.82, 2.24) is 3.93 Å². The summed E-state index contributed by atoms with van der Waals surface area (Å²) in [4.78, 5) is 10.0. The van der Waals surface area contributed by atoms with Crippen LogP contribution in [0.1, 0.15) is 13.3 Å². The number of nitrogens with zero attached hydrogens (tertiary/aromatic N) is 1. The molecule has 4 heteroatoms. The summed E-state index contributed by atoms with van der Waals surface area (Å²) in [5, 5.41) is 8.24. The van der Waals surface area contributed by atoms with E-state index in [-0.39, 0.29) is 6.54 Å². The summed E-state index contributed by atoms with van der Waals surface area (Å²) in [6.07, 6.45) is 0.957. The number of rotatable bonds is 4. The first-order chi connectivity index (χ1) is 4.16. The fourth-order valence-corrected chi connectivity index (χ4v) is 1.04. The van der Waals surface area contributed by atoms with Gasteiger partial charge in [-0.3, -0.25) is 4.79 Å². The molecule has 0 unspecified atom stereocenters. The van der Waals surface area contributed by atoms with Crippen LogP contribution in [0.3, 0.4) is 0 Å². The monoisotopic (exact) mass is 195 g/mol. The standard InChI is InChI=1S/C5H10BrNO2/c1-2-3-7(6)4-5(8)9/h2-4H2,1H3,(H,8,9). The highest BCUT2D eigenvalue weighted by Crippen LogP contribution is 1.97. The van der Waals surface area contributed by atoms with Crippen molar-refractivity contribution in [3.05, 3.63) is 0 Å². The van der Waals surface area contributed by atoms with E-state index in [0.717, 1.165) is 13.0 Å². The van der Waals surface area contributed by atoms with E-state index in [0.29, 0.717) is 0 Å². The Balaban J connectivity index is 3.26. The van der Waals surface area contributed by atoms with E-state index in [9.17, 15) is 4.79 Å². The lowest BCUT2D eigenvalue weighted by Crippen LogP contribution is -2.20. The molecule has 0 aliphatic rings. The molecule has 1 N–H and O–H groups in total. The number of carboxylic acid groups (broad SMARTS) is 1. The Morgan fingerprint density at radius 1 is 1.78 bits per heavy atom. The van der Waals surface area contributed by atoms with Gasteiger partial charge in [0.1, 0.15) is 6.54 Å². The van der Waals surface area contributed by atoms with Gasteiger partial charge in [0.2, 0.25) is 0 Å². The van der Waals surface area contributed by atoms with Gasteiger partial charge in [0.15, 0.2) is 0 Å². The van der Waals surface area contributed by atoms with Gasteiger partial charge in [-0.25, -0.2) is 3.93 Å². The van der Waals surface area contributed by atoms with Gasteiger partial charge in [-0.1, -0.05) is 6.92 Å². The maximum Gasteiger partial charge on any atom is 0.318 e. The highest BCUT2D eigenvalue weighted by atomic mass is 79.9. The molecule has 0 aromatic rings. The van der Waals surface area contributed by atoms with E-state index >= 15 is 0 Å². The predicted molar refractivity (Wildman–Crippen MR) is 38.4 cm³/mol. The molecule has 0 bridgehead atoms. The van der Waals surface area contributed by atoms with Crippen LogP contribution in [-0.4, -0.2) is 28.1 Å². The lowest BCUT2D eigenvalue weighted by molar-refractivity contribution is -0.137. The molecular formula is C5H10BrNO2. The summed E-state index contributed by atoms with van der Waals surface area (Å²) in [5.41, 5.74) is 0. The van der Waals surface area contributed by atoms with Crippen LogP contribution in [0.4, 0.5) is 0 Å². The van der Waals surface area contributed by atoms with Gasteiger partial charge in [0, 0.05) is 22.7 Å². The van der Waals surface area contributed by atoms with Gasteiger partial charge >= 0.3 is 5.97 Å². The molecule has 0 aromatic carbocycles. The Morgan fingerprint density at radius 2 is 2.33 bits per heavy atom. The molecular weight excluding hydrogens is 186 g/mol.